The lowest BCUT2D eigenvalue weighted by atomic mass is 9.81. The summed E-state index contributed by atoms with van der Waals surface area (Å²) in [6.07, 6.45) is 5.06. The van der Waals surface area contributed by atoms with Crippen molar-refractivity contribution in [1.82, 2.24) is 0 Å². The Labute approximate surface area is 166 Å². The quantitative estimate of drug-likeness (QED) is 0.452. The monoisotopic (exact) mass is 366 g/mol. The average molecular weight is 367 g/mol. The Morgan fingerprint density at radius 2 is 1.18 bits per heavy atom. The summed E-state index contributed by atoms with van der Waals surface area (Å²) in [4.78, 5) is 0. The molecular formula is C26H26N2. The molecule has 0 bridgehead atoms. The van der Waals surface area contributed by atoms with Crippen LogP contribution in [-0.2, 0) is 0 Å². The first-order chi connectivity index (χ1) is 13.8. The smallest absolute Gasteiger partial charge is 0.0335 e. The van der Waals surface area contributed by atoms with E-state index in [1.165, 1.54) is 32.7 Å². The molecule has 0 aliphatic heterocycles. The molecule has 0 heterocycles. The van der Waals surface area contributed by atoms with E-state index in [9.17, 15) is 0 Å². The van der Waals surface area contributed by atoms with E-state index in [0.717, 1.165) is 6.42 Å². The topological polar surface area (TPSA) is 52.0 Å². The van der Waals surface area contributed by atoms with Gasteiger partial charge in [0.25, 0.3) is 0 Å². The van der Waals surface area contributed by atoms with Gasteiger partial charge in [-0.1, -0.05) is 97.1 Å². The molecule has 2 nitrogen and oxygen atoms in total. The lowest BCUT2D eigenvalue weighted by molar-refractivity contribution is 0.706. The Morgan fingerprint density at radius 1 is 0.679 bits per heavy atom. The Balaban J connectivity index is 1.94. The van der Waals surface area contributed by atoms with Gasteiger partial charge in [0.1, 0.15) is 0 Å². The van der Waals surface area contributed by atoms with Gasteiger partial charge in [-0.15, -0.1) is 0 Å². The number of hydrogen-bond acceptors (Lipinski definition) is 2. The highest BCUT2D eigenvalue weighted by atomic mass is 14.6. The summed E-state index contributed by atoms with van der Waals surface area (Å²) in [5.74, 6) is 0.0613. The summed E-state index contributed by atoms with van der Waals surface area (Å²) in [5, 5.41) is 4.99. The Kier molecular flexibility index (Phi) is 5.52. The summed E-state index contributed by atoms with van der Waals surface area (Å²) in [6.45, 7) is 0.635. The maximum absolute atomic E-state index is 6.78. The van der Waals surface area contributed by atoms with Crippen molar-refractivity contribution >= 4 is 21.5 Å². The highest BCUT2D eigenvalue weighted by Gasteiger charge is 2.23. The first-order valence-corrected chi connectivity index (χ1v) is 9.87. The third-order valence-corrected chi connectivity index (χ3v) is 5.39. The van der Waals surface area contributed by atoms with Crippen molar-refractivity contribution < 1.29 is 0 Å². The fraction of sp³-hybridized carbons (Fsp3) is 0.154. The SMILES string of the molecule is NCCC=CC(N)C(c1cccc2ccccc12)c1cccc2ccccc12. The van der Waals surface area contributed by atoms with Gasteiger partial charge in [-0.2, -0.15) is 0 Å². The van der Waals surface area contributed by atoms with Crippen LogP contribution in [0, 0.1) is 0 Å². The predicted molar refractivity (Wildman–Crippen MR) is 121 cm³/mol. The van der Waals surface area contributed by atoms with Crippen molar-refractivity contribution in [3.8, 4) is 0 Å². The molecule has 4 rings (SSSR count). The van der Waals surface area contributed by atoms with Crippen LogP contribution in [0.1, 0.15) is 23.5 Å². The average Bonchev–Trinajstić information content (AvgIpc) is 2.74. The van der Waals surface area contributed by atoms with E-state index in [-0.39, 0.29) is 12.0 Å². The third kappa shape index (κ3) is 3.57. The second kappa shape index (κ2) is 8.39. The number of rotatable bonds is 6. The van der Waals surface area contributed by atoms with Crippen molar-refractivity contribution in [1.29, 1.82) is 0 Å². The normalized spacial score (nSPS) is 13.0. The standard InChI is InChI=1S/C26H26N2/c27-18-6-5-17-25(28)26(23-15-7-11-19-9-1-3-13-21(19)23)24-16-8-12-20-10-2-4-14-22(20)24/h1-5,7-17,25-26H,6,18,27-28H2. The molecule has 0 fully saturated rings. The van der Waals surface area contributed by atoms with Crippen molar-refractivity contribution in [3.63, 3.8) is 0 Å². The Hall–Kier alpha value is -2.94. The van der Waals surface area contributed by atoms with E-state index in [2.05, 4.69) is 97.1 Å². The van der Waals surface area contributed by atoms with Gasteiger partial charge in [0.15, 0.2) is 0 Å². The van der Waals surface area contributed by atoms with Gasteiger partial charge in [0, 0.05) is 12.0 Å². The van der Waals surface area contributed by atoms with Crippen molar-refractivity contribution in [2.24, 2.45) is 11.5 Å². The molecule has 0 amide bonds. The van der Waals surface area contributed by atoms with E-state index < -0.39 is 0 Å². The summed E-state index contributed by atoms with van der Waals surface area (Å²) in [7, 11) is 0. The van der Waals surface area contributed by atoms with Gasteiger partial charge in [0.05, 0.1) is 0 Å². The third-order valence-electron chi connectivity index (χ3n) is 5.39. The molecule has 1 atom stereocenters. The van der Waals surface area contributed by atoms with Crippen LogP contribution in [0.15, 0.2) is 97.1 Å². The first kappa shape index (κ1) is 18.4. The Morgan fingerprint density at radius 3 is 1.71 bits per heavy atom. The molecule has 0 radical (unpaired) electrons. The van der Waals surface area contributed by atoms with E-state index in [1.54, 1.807) is 0 Å². The largest absolute Gasteiger partial charge is 0.330 e. The summed E-state index contributed by atoms with van der Waals surface area (Å²) >= 11 is 0. The van der Waals surface area contributed by atoms with Gasteiger partial charge in [-0.05, 0) is 45.6 Å². The fourth-order valence-electron chi connectivity index (χ4n) is 4.09. The van der Waals surface area contributed by atoms with Crippen LogP contribution in [0.4, 0.5) is 0 Å². The molecule has 0 aliphatic rings. The van der Waals surface area contributed by atoms with Crippen molar-refractivity contribution in [2.75, 3.05) is 6.54 Å². The van der Waals surface area contributed by atoms with Gasteiger partial charge in [-0.25, -0.2) is 0 Å². The first-order valence-electron chi connectivity index (χ1n) is 9.87. The van der Waals surface area contributed by atoms with Crippen molar-refractivity contribution in [3.05, 3.63) is 108 Å². The number of fused-ring (bicyclic) bond motifs is 2. The molecule has 0 saturated carbocycles. The minimum Gasteiger partial charge on any atom is -0.330 e. The van der Waals surface area contributed by atoms with Gasteiger partial charge < -0.3 is 11.5 Å². The van der Waals surface area contributed by atoms with Gasteiger partial charge in [0.2, 0.25) is 0 Å². The van der Waals surface area contributed by atoms with Gasteiger partial charge in [-0.3, -0.25) is 0 Å². The van der Waals surface area contributed by atoms with Crippen LogP contribution >= 0.6 is 0 Å². The molecule has 4 N–H and O–H groups in total. The minimum atomic E-state index is -0.136. The predicted octanol–water partition coefficient (Wildman–Crippen LogP) is 5.36. The maximum atomic E-state index is 6.78. The second-order valence-corrected chi connectivity index (χ2v) is 7.20. The zero-order chi connectivity index (χ0) is 19.3. The highest BCUT2D eigenvalue weighted by molar-refractivity contribution is 5.90. The van der Waals surface area contributed by atoms with Crippen LogP contribution in [0.2, 0.25) is 0 Å². The van der Waals surface area contributed by atoms with Crippen LogP contribution in [0.25, 0.3) is 21.5 Å². The number of benzene rings is 4. The van der Waals surface area contributed by atoms with Crippen LogP contribution in [0.3, 0.4) is 0 Å². The molecule has 1 unspecified atom stereocenters. The lowest BCUT2D eigenvalue weighted by Gasteiger charge is -2.26. The van der Waals surface area contributed by atoms with Crippen molar-refractivity contribution in [2.45, 2.75) is 18.4 Å². The molecular weight excluding hydrogens is 340 g/mol. The van der Waals surface area contributed by atoms with E-state index in [1.807, 2.05) is 0 Å². The van der Waals surface area contributed by atoms with E-state index >= 15 is 0 Å². The van der Waals surface area contributed by atoms with E-state index in [0.29, 0.717) is 6.54 Å². The zero-order valence-electron chi connectivity index (χ0n) is 16.0. The second-order valence-electron chi connectivity index (χ2n) is 7.20. The van der Waals surface area contributed by atoms with Gasteiger partial charge >= 0.3 is 0 Å². The zero-order valence-corrected chi connectivity index (χ0v) is 16.0. The molecule has 28 heavy (non-hydrogen) atoms. The van der Waals surface area contributed by atoms with Crippen LogP contribution in [-0.4, -0.2) is 12.6 Å². The summed E-state index contributed by atoms with van der Waals surface area (Å²) in [5.41, 5.74) is 15.0. The molecule has 0 aromatic heterocycles. The molecule has 0 spiro atoms. The number of nitrogens with two attached hydrogens (primary N) is 2. The minimum absolute atomic E-state index is 0.0613. The molecule has 140 valence electrons. The van der Waals surface area contributed by atoms with Crippen LogP contribution in [0.5, 0.6) is 0 Å². The molecule has 4 aromatic carbocycles. The highest BCUT2D eigenvalue weighted by Crippen LogP contribution is 2.36. The Bertz CT molecular complexity index is 1020. The maximum Gasteiger partial charge on any atom is 0.0335 e. The van der Waals surface area contributed by atoms with E-state index in [4.69, 9.17) is 11.5 Å². The lowest BCUT2D eigenvalue weighted by Crippen LogP contribution is -2.27. The molecule has 0 aliphatic carbocycles. The molecule has 2 heteroatoms. The summed E-state index contributed by atoms with van der Waals surface area (Å²) in [6, 6.07) is 30.0. The fourth-order valence-corrected chi connectivity index (χ4v) is 4.09. The summed E-state index contributed by atoms with van der Waals surface area (Å²) < 4.78 is 0. The molecule has 0 saturated heterocycles. The molecule has 4 aromatic rings. The number of hydrogen-bond donors (Lipinski definition) is 2. The van der Waals surface area contributed by atoms with Crippen LogP contribution < -0.4 is 11.5 Å².